The van der Waals surface area contributed by atoms with Gasteiger partial charge in [-0.05, 0) is 17.7 Å². The molecule has 0 unspecified atom stereocenters. The third-order valence-electron chi connectivity index (χ3n) is 3.58. The number of amides is 1. The van der Waals surface area contributed by atoms with Gasteiger partial charge in [-0.25, -0.2) is 0 Å². The van der Waals surface area contributed by atoms with Crippen LogP contribution in [0.15, 0.2) is 24.3 Å². The van der Waals surface area contributed by atoms with Crippen LogP contribution >= 0.6 is 23.2 Å². The molecular formula is C17H20Cl2N2O7. The SMILES string of the molecule is CCC(=O)OC[C@@H](NC(=O)C(Cl)Cl)[C@H](OC(=O)CC)c1ccc([N+](=O)[O-])cc1. The maximum Gasteiger partial charge on any atom is 0.306 e. The molecular weight excluding hydrogens is 415 g/mol. The van der Waals surface area contributed by atoms with Gasteiger partial charge in [-0.3, -0.25) is 24.5 Å². The minimum atomic E-state index is -1.40. The average Bonchev–Trinajstić information content (AvgIpc) is 2.68. The van der Waals surface area contributed by atoms with Crippen molar-refractivity contribution in [1.29, 1.82) is 0 Å². The number of carbonyl (C=O) groups excluding carboxylic acids is 3. The van der Waals surface area contributed by atoms with Crippen molar-refractivity contribution in [2.24, 2.45) is 0 Å². The van der Waals surface area contributed by atoms with E-state index in [9.17, 15) is 24.5 Å². The maximum absolute atomic E-state index is 12.0. The zero-order valence-corrected chi connectivity index (χ0v) is 16.7. The third-order valence-corrected chi connectivity index (χ3v) is 3.98. The summed E-state index contributed by atoms with van der Waals surface area (Å²) in [6, 6.07) is 4.20. The van der Waals surface area contributed by atoms with E-state index >= 15 is 0 Å². The van der Waals surface area contributed by atoms with Crippen LogP contribution in [0.25, 0.3) is 0 Å². The van der Waals surface area contributed by atoms with E-state index in [1.807, 2.05) is 0 Å². The summed E-state index contributed by atoms with van der Waals surface area (Å²) in [4.78, 5) is 44.2. The van der Waals surface area contributed by atoms with Crippen molar-refractivity contribution in [2.75, 3.05) is 6.61 Å². The Balaban J connectivity index is 3.22. The normalized spacial score (nSPS) is 12.8. The predicted octanol–water partition coefficient (Wildman–Crippen LogP) is 2.83. The first-order chi connectivity index (χ1) is 13.2. The van der Waals surface area contributed by atoms with Crippen LogP contribution in [0.4, 0.5) is 5.69 Å². The van der Waals surface area contributed by atoms with Crippen molar-refractivity contribution in [2.45, 2.75) is 43.7 Å². The van der Waals surface area contributed by atoms with E-state index in [1.54, 1.807) is 13.8 Å². The van der Waals surface area contributed by atoms with Crippen LogP contribution in [-0.2, 0) is 23.9 Å². The van der Waals surface area contributed by atoms with Gasteiger partial charge in [-0.1, -0.05) is 37.0 Å². The second kappa shape index (κ2) is 11.5. The van der Waals surface area contributed by atoms with Crippen LogP contribution < -0.4 is 5.32 Å². The molecule has 9 nitrogen and oxygen atoms in total. The van der Waals surface area contributed by atoms with Gasteiger partial charge >= 0.3 is 11.9 Å². The average molecular weight is 435 g/mol. The smallest absolute Gasteiger partial charge is 0.306 e. The first-order valence-corrected chi connectivity index (χ1v) is 9.24. The van der Waals surface area contributed by atoms with Gasteiger partial charge in [0.2, 0.25) is 0 Å². The van der Waals surface area contributed by atoms with E-state index in [1.165, 1.54) is 24.3 Å². The van der Waals surface area contributed by atoms with Crippen molar-refractivity contribution in [3.8, 4) is 0 Å². The standard InChI is InChI=1S/C17H20Cl2N2O7/c1-3-13(22)27-9-12(20-17(24)16(18)19)15(28-14(23)4-2)10-5-7-11(8-6-10)21(25)26/h5-8,12,15-16H,3-4,9H2,1-2H3,(H,20,24)/t12-,15-/m1/s1. The number of nitrogens with zero attached hydrogens (tertiary/aromatic N) is 1. The van der Waals surface area contributed by atoms with E-state index in [2.05, 4.69) is 5.32 Å². The van der Waals surface area contributed by atoms with E-state index < -0.39 is 39.8 Å². The number of rotatable bonds is 10. The number of hydrogen-bond acceptors (Lipinski definition) is 7. The minimum absolute atomic E-state index is 0.0481. The highest BCUT2D eigenvalue weighted by Crippen LogP contribution is 2.25. The first kappa shape index (κ1) is 23.6. The number of alkyl halides is 2. The summed E-state index contributed by atoms with van der Waals surface area (Å²) < 4.78 is 10.5. The Hall–Kier alpha value is -2.39. The molecule has 0 aromatic heterocycles. The van der Waals surface area contributed by atoms with Gasteiger partial charge < -0.3 is 14.8 Å². The molecule has 0 aliphatic carbocycles. The zero-order chi connectivity index (χ0) is 21.3. The summed E-state index contributed by atoms with van der Waals surface area (Å²) >= 11 is 11.1. The molecule has 1 rings (SSSR count). The fraction of sp³-hybridized carbons (Fsp3) is 0.471. The van der Waals surface area contributed by atoms with Crippen LogP contribution in [0.5, 0.6) is 0 Å². The molecule has 0 saturated heterocycles. The fourth-order valence-corrected chi connectivity index (χ4v) is 2.25. The van der Waals surface area contributed by atoms with Crippen LogP contribution in [0, 0.1) is 10.1 Å². The molecule has 0 radical (unpaired) electrons. The number of non-ortho nitro benzene ring substituents is 1. The van der Waals surface area contributed by atoms with Crippen LogP contribution in [-0.4, -0.2) is 40.3 Å². The third kappa shape index (κ3) is 7.32. The maximum atomic E-state index is 12.0. The van der Waals surface area contributed by atoms with Gasteiger partial charge in [0, 0.05) is 25.0 Å². The molecule has 11 heteroatoms. The number of ether oxygens (including phenoxy) is 2. The highest BCUT2D eigenvalue weighted by molar-refractivity contribution is 6.53. The lowest BCUT2D eigenvalue weighted by Crippen LogP contribution is -2.46. The van der Waals surface area contributed by atoms with E-state index in [0.29, 0.717) is 5.56 Å². The summed E-state index contributed by atoms with van der Waals surface area (Å²) in [5.41, 5.74) is 0.190. The van der Waals surface area contributed by atoms with Crippen molar-refractivity contribution in [3.63, 3.8) is 0 Å². The van der Waals surface area contributed by atoms with Crippen molar-refractivity contribution < 1.29 is 28.8 Å². The highest BCUT2D eigenvalue weighted by Gasteiger charge is 2.31. The summed E-state index contributed by atoms with van der Waals surface area (Å²) in [6.45, 7) is 2.85. The molecule has 2 atom stereocenters. The summed E-state index contributed by atoms with van der Waals surface area (Å²) in [6.07, 6.45) is -0.938. The molecule has 0 heterocycles. The minimum Gasteiger partial charge on any atom is -0.463 e. The highest BCUT2D eigenvalue weighted by atomic mass is 35.5. The van der Waals surface area contributed by atoms with Crippen LogP contribution in [0.2, 0.25) is 0 Å². The van der Waals surface area contributed by atoms with Gasteiger partial charge in [0.1, 0.15) is 12.6 Å². The largest absolute Gasteiger partial charge is 0.463 e. The molecule has 0 saturated carbocycles. The molecule has 0 aliphatic heterocycles. The summed E-state index contributed by atoms with van der Waals surface area (Å²) in [5.74, 6) is -1.89. The Morgan fingerprint density at radius 1 is 1.11 bits per heavy atom. The molecule has 1 amide bonds. The Morgan fingerprint density at radius 3 is 2.14 bits per heavy atom. The van der Waals surface area contributed by atoms with Gasteiger partial charge in [-0.2, -0.15) is 0 Å². The molecule has 0 aliphatic rings. The number of nitrogens with one attached hydrogen (secondary N) is 1. The van der Waals surface area contributed by atoms with Crippen molar-refractivity contribution in [1.82, 2.24) is 5.32 Å². The Bertz CT molecular complexity index is 710. The van der Waals surface area contributed by atoms with Gasteiger partial charge in [0.15, 0.2) is 10.9 Å². The Kier molecular flexibility index (Phi) is 9.67. The summed E-state index contributed by atoms with van der Waals surface area (Å²) in [7, 11) is 0. The number of nitro groups is 1. The zero-order valence-electron chi connectivity index (χ0n) is 15.2. The molecule has 1 aromatic rings. The lowest BCUT2D eigenvalue weighted by atomic mass is 10.0. The number of carbonyl (C=O) groups is 3. The molecule has 154 valence electrons. The number of hydrogen-bond donors (Lipinski definition) is 1. The van der Waals surface area contributed by atoms with Crippen LogP contribution in [0.3, 0.4) is 0 Å². The first-order valence-electron chi connectivity index (χ1n) is 8.37. The van der Waals surface area contributed by atoms with Gasteiger partial charge in [-0.15, -0.1) is 0 Å². The molecule has 0 spiro atoms. The monoisotopic (exact) mass is 434 g/mol. The Labute approximate surface area is 171 Å². The van der Waals surface area contributed by atoms with E-state index in [4.69, 9.17) is 32.7 Å². The quantitative estimate of drug-likeness (QED) is 0.259. The molecule has 0 bridgehead atoms. The van der Waals surface area contributed by atoms with Gasteiger partial charge in [0.25, 0.3) is 11.6 Å². The molecule has 28 heavy (non-hydrogen) atoms. The van der Waals surface area contributed by atoms with Gasteiger partial charge in [0.05, 0.1) is 4.92 Å². The fourth-order valence-electron chi connectivity index (χ4n) is 2.13. The molecule has 0 fully saturated rings. The number of nitro benzene ring substituents is 1. The van der Waals surface area contributed by atoms with E-state index in [0.717, 1.165) is 0 Å². The number of halogens is 2. The predicted molar refractivity (Wildman–Crippen MR) is 101 cm³/mol. The molecule has 1 N–H and O–H groups in total. The Morgan fingerprint density at radius 2 is 1.68 bits per heavy atom. The lowest BCUT2D eigenvalue weighted by Gasteiger charge is -2.28. The summed E-state index contributed by atoms with van der Waals surface area (Å²) in [5, 5.41) is 13.3. The number of benzene rings is 1. The number of esters is 2. The topological polar surface area (TPSA) is 125 Å². The second-order valence-electron chi connectivity index (χ2n) is 5.56. The van der Waals surface area contributed by atoms with Crippen molar-refractivity contribution >= 4 is 46.7 Å². The molecule has 1 aromatic carbocycles. The van der Waals surface area contributed by atoms with Crippen LogP contribution in [0.1, 0.15) is 38.4 Å². The van der Waals surface area contributed by atoms with Crippen molar-refractivity contribution in [3.05, 3.63) is 39.9 Å². The van der Waals surface area contributed by atoms with E-state index in [-0.39, 0.29) is 25.1 Å². The lowest BCUT2D eigenvalue weighted by molar-refractivity contribution is -0.384. The second-order valence-corrected chi connectivity index (χ2v) is 6.66.